The quantitative estimate of drug-likeness (QED) is 0.825. The molecule has 0 radical (unpaired) electrons. The summed E-state index contributed by atoms with van der Waals surface area (Å²) in [5.74, 6) is 0. The Morgan fingerprint density at radius 2 is 2.00 bits per heavy atom. The Morgan fingerprint density at radius 1 is 1.26 bits per heavy atom. The summed E-state index contributed by atoms with van der Waals surface area (Å²) in [6.45, 7) is 8.65. The van der Waals surface area contributed by atoms with Crippen LogP contribution in [0.3, 0.4) is 0 Å². The van der Waals surface area contributed by atoms with Crippen molar-refractivity contribution < 1.29 is 0 Å². The van der Waals surface area contributed by atoms with E-state index in [9.17, 15) is 0 Å². The Bertz CT molecular complexity index is 486. The fourth-order valence-corrected chi connectivity index (χ4v) is 2.93. The van der Waals surface area contributed by atoms with Gasteiger partial charge in [-0.15, -0.1) is 0 Å². The van der Waals surface area contributed by atoms with Crippen LogP contribution in [0.15, 0.2) is 18.2 Å². The highest BCUT2D eigenvalue weighted by molar-refractivity contribution is 7.80. The number of hydrazine groups is 1. The van der Waals surface area contributed by atoms with Gasteiger partial charge in [0.25, 0.3) is 0 Å². The van der Waals surface area contributed by atoms with Gasteiger partial charge in [-0.25, -0.2) is 10.4 Å². The molecule has 0 unspecified atom stereocenters. The molecule has 0 bridgehead atoms. The lowest BCUT2D eigenvalue weighted by Crippen LogP contribution is -2.50. The minimum absolute atomic E-state index is 0.0952. The van der Waals surface area contributed by atoms with Gasteiger partial charge in [0.15, 0.2) is 5.11 Å². The van der Waals surface area contributed by atoms with Gasteiger partial charge in [0.1, 0.15) is 5.66 Å². The molecule has 1 atom stereocenters. The monoisotopic (exact) mass is 277 g/mol. The molecule has 19 heavy (non-hydrogen) atoms. The van der Waals surface area contributed by atoms with Crippen molar-refractivity contribution in [1.82, 2.24) is 10.7 Å². The number of hydrogen-bond donors (Lipinski definition) is 2. The van der Waals surface area contributed by atoms with E-state index in [0.29, 0.717) is 0 Å². The third kappa shape index (κ3) is 2.60. The smallest absolute Gasteiger partial charge is 0.189 e. The van der Waals surface area contributed by atoms with Gasteiger partial charge in [0.05, 0.1) is 5.69 Å². The van der Waals surface area contributed by atoms with Crippen LogP contribution >= 0.6 is 12.2 Å². The molecule has 0 aromatic heterocycles. The minimum atomic E-state index is -0.0952. The second-order valence-electron chi connectivity index (χ2n) is 5.28. The second-order valence-corrected chi connectivity index (χ2v) is 5.67. The third-order valence-corrected chi connectivity index (χ3v) is 4.26. The van der Waals surface area contributed by atoms with Crippen molar-refractivity contribution in [3.8, 4) is 0 Å². The summed E-state index contributed by atoms with van der Waals surface area (Å²) in [5, 5.41) is 6.25. The highest BCUT2D eigenvalue weighted by atomic mass is 32.1. The molecule has 1 fully saturated rings. The topological polar surface area (TPSA) is 27.3 Å². The number of nitrogens with one attached hydrogen (secondary N) is 2. The average molecular weight is 277 g/mol. The summed E-state index contributed by atoms with van der Waals surface area (Å²) in [5.41, 5.74) is 7.17. The normalized spacial score (nSPS) is 22.7. The lowest BCUT2D eigenvalue weighted by atomic mass is 10.0. The van der Waals surface area contributed by atoms with Gasteiger partial charge in [-0.05, 0) is 56.1 Å². The van der Waals surface area contributed by atoms with Crippen LogP contribution in [0, 0.1) is 13.8 Å². The molecular formula is C15H23N3S. The summed E-state index contributed by atoms with van der Waals surface area (Å²) in [6.07, 6.45) is 3.18. The van der Waals surface area contributed by atoms with Gasteiger partial charge in [-0.3, -0.25) is 0 Å². The Morgan fingerprint density at radius 3 is 2.63 bits per heavy atom. The van der Waals surface area contributed by atoms with Crippen LogP contribution in [0.1, 0.15) is 44.2 Å². The van der Waals surface area contributed by atoms with Crippen LogP contribution in [0.2, 0.25) is 0 Å². The first kappa shape index (κ1) is 14.3. The van der Waals surface area contributed by atoms with Crippen LogP contribution in [0.5, 0.6) is 0 Å². The van der Waals surface area contributed by atoms with E-state index in [0.717, 1.165) is 30.1 Å². The van der Waals surface area contributed by atoms with Crippen molar-refractivity contribution in [2.45, 2.75) is 52.6 Å². The molecule has 0 amide bonds. The second kappa shape index (κ2) is 5.47. The Hall–Kier alpha value is -1.13. The highest BCUT2D eigenvalue weighted by Gasteiger charge is 2.38. The number of nitrogens with zero attached hydrogens (tertiary/aromatic N) is 1. The highest BCUT2D eigenvalue weighted by Crippen LogP contribution is 2.28. The van der Waals surface area contributed by atoms with Gasteiger partial charge < -0.3 is 5.32 Å². The van der Waals surface area contributed by atoms with Crippen molar-refractivity contribution in [3.05, 3.63) is 29.3 Å². The molecule has 3 nitrogen and oxygen atoms in total. The van der Waals surface area contributed by atoms with E-state index in [1.807, 2.05) is 5.01 Å². The zero-order valence-corrected chi connectivity index (χ0v) is 13.0. The van der Waals surface area contributed by atoms with E-state index < -0.39 is 0 Å². The number of hydrogen-bond acceptors (Lipinski definition) is 2. The van der Waals surface area contributed by atoms with E-state index in [1.54, 1.807) is 0 Å². The first-order valence-electron chi connectivity index (χ1n) is 6.99. The Balaban J connectivity index is 2.32. The molecule has 104 valence electrons. The summed E-state index contributed by atoms with van der Waals surface area (Å²) in [7, 11) is 0. The molecular weight excluding hydrogens is 254 g/mol. The summed E-state index contributed by atoms with van der Waals surface area (Å²) >= 11 is 5.51. The molecule has 1 aromatic rings. The largest absolute Gasteiger partial charge is 0.342 e. The van der Waals surface area contributed by atoms with Gasteiger partial charge in [0, 0.05) is 0 Å². The molecule has 1 aliphatic rings. The lowest BCUT2D eigenvalue weighted by molar-refractivity contribution is 0.300. The van der Waals surface area contributed by atoms with Crippen molar-refractivity contribution in [3.63, 3.8) is 0 Å². The predicted molar refractivity (Wildman–Crippen MR) is 85.2 cm³/mol. The number of rotatable bonds is 4. The Labute approximate surface area is 121 Å². The summed E-state index contributed by atoms with van der Waals surface area (Å²) < 4.78 is 0. The number of benzene rings is 1. The van der Waals surface area contributed by atoms with Crippen molar-refractivity contribution in [2.24, 2.45) is 0 Å². The minimum Gasteiger partial charge on any atom is -0.342 e. The van der Waals surface area contributed by atoms with Gasteiger partial charge >= 0.3 is 0 Å². The zero-order chi connectivity index (χ0) is 14.0. The molecule has 1 aliphatic heterocycles. The molecule has 2 N–H and O–H groups in total. The van der Waals surface area contributed by atoms with E-state index in [-0.39, 0.29) is 5.66 Å². The molecule has 1 saturated heterocycles. The maximum atomic E-state index is 5.51. The number of anilines is 1. The first-order chi connectivity index (χ1) is 9.03. The van der Waals surface area contributed by atoms with Crippen LogP contribution in [-0.4, -0.2) is 10.8 Å². The van der Waals surface area contributed by atoms with E-state index in [2.05, 4.69) is 56.6 Å². The van der Waals surface area contributed by atoms with E-state index in [1.165, 1.54) is 11.1 Å². The fraction of sp³-hybridized carbons (Fsp3) is 0.533. The van der Waals surface area contributed by atoms with Crippen LogP contribution in [0.25, 0.3) is 0 Å². The van der Waals surface area contributed by atoms with Crippen molar-refractivity contribution in [1.29, 1.82) is 0 Å². The van der Waals surface area contributed by atoms with Crippen LogP contribution in [-0.2, 0) is 0 Å². The van der Waals surface area contributed by atoms with E-state index in [4.69, 9.17) is 12.2 Å². The predicted octanol–water partition coefficient (Wildman–Crippen LogP) is 3.41. The molecule has 4 heteroatoms. The third-order valence-electron chi connectivity index (χ3n) is 3.97. The summed E-state index contributed by atoms with van der Waals surface area (Å²) in [6, 6.07) is 6.32. The fourth-order valence-electron chi connectivity index (χ4n) is 2.59. The van der Waals surface area contributed by atoms with Gasteiger partial charge in [-0.1, -0.05) is 32.4 Å². The Kier molecular flexibility index (Phi) is 4.11. The SMILES string of the molecule is CCC[C@]1(CC)NC(=S)N(c2cccc(C)c2C)N1. The summed E-state index contributed by atoms with van der Waals surface area (Å²) in [4.78, 5) is 0. The van der Waals surface area contributed by atoms with Gasteiger partial charge in [0.2, 0.25) is 0 Å². The van der Waals surface area contributed by atoms with Crippen molar-refractivity contribution >= 4 is 23.0 Å². The first-order valence-corrected chi connectivity index (χ1v) is 7.40. The van der Waals surface area contributed by atoms with Gasteiger partial charge in [-0.2, -0.15) is 0 Å². The van der Waals surface area contributed by atoms with E-state index >= 15 is 0 Å². The standard InChI is InChI=1S/C15H23N3S/c1-5-10-15(6-2)16-14(19)18(17-15)13-9-7-8-11(3)12(13)4/h7-9,17H,5-6,10H2,1-4H3,(H,16,19)/t15-/m1/s1. The number of aryl methyl sites for hydroxylation is 1. The molecule has 2 rings (SSSR count). The zero-order valence-electron chi connectivity index (χ0n) is 12.2. The average Bonchev–Trinajstić information content (AvgIpc) is 2.71. The molecule has 0 saturated carbocycles. The molecule has 0 aliphatic carbocycles. The number of thiocarbonyl (C=S) groups is 1. The lowest BCUT2D eigenvalue weighted by Gasteiger charge is -2.28. The molecule has 1 aromatic carbocycles. The maximum absolute atomic E-state index is 5.51. The molecule has 1 heterocycles. The molecule has 0 spiro atoms. The van der Waals surface area contributed by atoms with Crippen LogP contribution < -0.4 is 15.8 Å². The van der Waals surface area contributed by atoms with Crippen LogP contribution in [0.4, 0.5) is 5.69 Å². The maximum Gasteiger partial charge on any atom is 0.189 e. The van der Waals surface area contributed by atoms with Crippen molar-refractivity contribution in [2.75, 3.05) is 5.01 Å².